The van der Waals surface area contributed by atoms with E-state index in [9.17, 15) is 0 Å². The standard InChI is InChI=1S/C11H14N2O/c1-12-10-5-4-6-11(9-10)14-8-7-13(2)3/h4-6,9H,7-8H2,2-3H3. The van der Waals surface area contributed by atoms with Crippen LogP contribution in [0.5, 0.6) is 5.75 Å². The molecule has 0 aliphatic carbocycles. The molecule has 0 saturated carbocycles. The quantitative estimate of drug-likeness (QED) is 0.677. The average molecular weight is 190 g/mol. The molecule has 0 aromatic heterocycles. The van der Waals surface area contributed by atoms with Crippen LogP contribution < -0.4 is 4.74 Å². The summed E-state index contributed by atoms with van der Waals surface area (Å²) >= 11 is 0. The van der Waals surface area contributed by atoms with Gasteiger partial charge in [-0.3, -0.25) is 0 Å². The topological polar surface area (TPSA) is 16.8 Å². The Labute approximate surface area is 84.7 Å². The van der Waals surface area contributed by atoms with Gasteiger partial charge < -0.3 is 9.64 Å². The summed E-state index contributed by atoms with van der Waals surface area (Å²) in [5, 5.41) is 0. The molecule has 3 nitrogen and oxygen atoms in total. The molecule has 0 radical (unpaired) electrons. The van der Waals surface area contributed by atoms with E-state index in [2.05, 4.69) is 9.74 Å². The second kappa shape index (κ2) is 5.25. The predicted octanol–water partition coefficient (Wildman–Crippen LogP) is 2.18. The lowest BCUT2D eigenvalue weighted by molar-refractivity contribution is 0.261. The van der Waals surface area contributed by atoms with Gasteiger partial charge in [0, 0.05) is 6.54 Å². The van der Waals surface area contributed by atoms with Crippen LogP contribution >= 0.6 is 0 Å². The third-order valence-corrected chi connectivity index (χ3v) is 1.75. The lowest BCUT2D eigenvalue weighted by Crippen LogP contribution is -2.19. The van der Waals surface area contributed by atoms with Crippen molar-refractivity contribution in [2.45, 2.75) is 0 Å². The Morgan fingerprint density at radius 2 is 2.21 bits per heavy atom. The largest absolute Gasteiger partial charge is 0.494 e. The van der Waals surface area contributed by atoms with Crippen molar-refractivity contribution in [2.75, 3.05) is 27.2 Å². The second-order valence-electron chi connectivity index (χ2n) is 3.26. The van der Waals surface area contributed by atoms with Crippen molar-refractivity contribution in [3.8, 4) is 5.75 Å². The number of ether oxygens (including phenoxy) is 1. The maximum atomic E-state index is 6.85. The Morgan fingerprint density at radius 3 is 2.86 bits per heavy atom. The third kappa shape index (κ3) is 3.46. The van der Waals surface area contributed by atoms with Crippen molar-refractivity contribution in [2.24, 2.45) is 0 Å². The van der Waals surface area contributed by atoms with Gasteiger partial charge in [0.15, 0.2) is 5.69 Å². The highest BCUT2D eigenvalue weighted by Gasteiger charge is 1.96. The Balaban J connectivity index is 2.47. The molecule has 3 heteroatoms. The van der Waals surface area contributed by atoms with E-state index in [0.29, 0.717) is 12.3 Å². The fourth-order valence-corrected chi connectivity index (χ4v) is 0.989. The Kier molecular flexibility index (Phi) is 3.96. The highest BCUT2D eigenvalue weighted by molar-refractivity contribution is 5.48. The van der Waals surface area contributed by atoms with Gasteiger partial charge in [-0.25, -0.2) is 4.85 Å². The summed E-state index contributed by atoms with van der Waals surface area (Å²) in [6.45, 7) is 8.37. The Morgan fingerprint density at radius 1 is 1.43 bits per heavy atom. The molecule has 0 amide bonds. The van der Waals surface area contributed by atoms with E-state index < -0.39 is 0 Å². The van der Waals surface area contributed by atoms with Crippen LogP contribution in [0.3, 0.4) is 0 Å². The van der Waals surface area contributed by atoms with Crippen LogP contribution in [-0.2, 0) is 0 Å². The summed E-state index contributed by atoms with van der Waals surface area (Å²) in [6.07, 6.45) is 0. The normalized spacial score (nSPS) is 9.86. The number of hydrogen-bond donors (Lipinski definition) is 0. The molecule has 0 fully saturated rings. The van der Waals surface area contributed by atoms with Crippen LogP contribution in [-0.4, -0.2) is 32.1 Å². The monoisotopic (exact) mass is 190 g/mol. The van der Waals surface area contributed by atoms with Crippen LogP contribution in [0, 0.1) is 6.57 Å². The highest BCUT2D eigenvalue weighted by atomic mass is 16.5. The summed E-state index contributed by atoms with van der Waals surface area (Å²) in [5.74, 6) is 0.764. The molecule has 1 aromatic rings. The average Bonchev–Trinajstić information content (AvgIpc) is 2.18. The van der Waals surface area contributed by atoms with E-state index in [4.69, 9.17) is 11.3 Å². The first-order valence-corrected chi connectivity index (χ1v) is 4.47. The molecule has 0 bridgehead atoms. The lowest BCUT2D eigenvalue weighted by atomic mass is 10.3. The zero-order valence-corrected chi connectivity index (χ0v) is 8.53. The summed E-state index contributed by atoms with van der Waals surface area (Å²) in [4.78, 5) is 5.39. The van der Waals surface area contributed by atoms with E-state index in [-0.39, 0.29) is 0 Å². The molecule has 0 unspecified atom stereocenters. The molecule has 0 saturated heterocycles. The molecular formula is C11H14N2O. The number of benzene rings is 1. The van der Waals surface area contributed by atoms with Gasteiger partial charge in [0.2, 0.25) is 0 Å². The Bertz CT molecular complexity index is 328. The summed E-state index contributed by atoms with van der Waals surface area (Å²) in [6, 6.07) is 7.22. The van der Waals surface area contributed by atoms with Crippen molar-refractivity contribution in [1.29, 1.82) is 0 Å². The van der Waals surface area contributed by atoms with Crippen LogP contribution in [0.4, 0.5) is 5.69 Å². The van der Waals surface area contributed by atoms with Gasteiger partial charge in [0.25, 0.3) is 0 Å². The van der Waals surface area contributed by atoms with Crippen LogP contribution in [0.15, 0.2) is 24.3 Å². The van der Waals surface area contributed by atoms with Gasteiger partial charge in [-0.2, -0.15) is 0 Å². The first-order valence-electron chi connectivity index (χ1n) is 4.47. The molecule has 1 rings (SSSR count). The van der Waals surface area contributed by atoms with Gasteiger partial charge in [0.1, 0.15) is 12.4 Å². The molecule has 1 aromatic carbocycles. The van der Waals surface area contributed by atoms with Crippen molar-refractivity contribution in [3.05, 3.63) is 35.7 Å². The maximum Gasteiger partial charge on any atom is 0.190 e. The van der Waals surface area contributed by atoms with E-state index in [1.54, 1.807) is 12.1 Å². The molecule has 0 aliphatic rings. The lowest BCUT2D eigenvalue weighted by Gasteiger charge is -2.10. The molecule has 74 valence electrons. The minimum absolute atomic E-state index is 0.618. The van der Waals surface area contributed by atoms with Gasteiger partial charge in [0.05, 0.1) is 6.57 Å². The number of rotatable bonds is 4. The SMILES string of the molecule is [C-]#[N+]c1cccc(OCCN(C)C)c1. The fraction of sp³-hybridized carbons (Fsp3) is 0.364. The van der Waals surface area contributed by atoms with Crippen LogP contribution in [0.2, 0.25) is 0 Å². The van der Waals surface area contributed by atoms with Crippen molar-refractivity contribution < 1.29 is 4.74 Å². The van der Waals surface area contributed by atoms with Crippen LogP contribution in [0.1, 0.15) is 0 Å². The molecule has 0 N–H and O–H groups in total. The van der Waals surface area contributed by atoms with Gasteiger partial charge in [-0.15, -0.1) is 0 Å². The second-order valence-corrected chi connectivity index (χ2v) is 3.26. The molecule has 0 spiro atoms. The van der Waals surface area contributed by atoms with Gasteiger partial charge in [-0.1, -0.05) is 12.1 Å². The van der Waals surface area contributed by atoms with E-state index in [1.807, 2.05) is 26.2 Å². The number of nitrogens with zero attached hydrogens (tertiary/aromatic N) is 2. The van der Waals surface area contributed by atoms with Crippen LogP contribution in [0.25, 0.3) is 4.85 Å². The van der Waals surface area contributed by atoms with Crippen molar-refractivity contribution in [1.82, 2.24) is 4.90 Å². The zero-order chi connectivity index (χ0) is 10.4. The summed E-state index contributed by atoms with van der Waals surface area (Å²) < 4.78 is 5.47. The molecule has 0 heterocycles. The van der Waals surface area contributed by atoms with E-state index in [0.717, 1.165) is 12.3 Å². The van der Waals surface area contributed by atoms with Gasteiger partial charge in [-0.05, 0) is 26.2 Å². The number of likely N-dealkylation sites (N-methyl/N-ethyl adjacent to an activating group) is 1. The number of hydrogen-bond acceptors (Lipinski definition) is 2. The Hall–Kier alpha value is -1.53. The first kappa shape index (κ1) is 10.6. The molecule has 14 heavy (non-hydrogen) atoms. The summed E-state index contributed by atoms with van der Waals surface area (Å²) in [5.41, 5.74) is 0.618. The van der Waals surface area contributed by atoms with Gasteiger partial charge >= 0.3 is 0 Å². The first-order chi connectivity index (χ1) is 6.72. The summed E-state index contributed by atoms with van der Waals surface area (Å²) in [7, 11) is 4.00. The van der Waals surface area contributed by atoms with E-state index in [1.165, 1.54) is 0 Å². The molecular weight excluding hydrogens is 176 g/mol. The van der Waals surface area contributed by atoms with E-state index >= 15 is 0 Å². The smallest absolute Gasteiger partial charge is 0.190 e. The van der Waals surface area contributed by atoms with Crippen molar-refractivity contribution >= 4 is 5.69 Å². The predicted molar refractivity (Wildman–Crippen MR) is 56.8 cm³/mol. The fourth-order valence-electron chi connectivity index (χ4n) is 0.989. The highest BCUT2D eigenvalue weighted by Crippen LogP contribution is 2.19. The van der Waals surface area contributed by atoms with Crippen molar-refractivity contribution in [3.63, 3.8) is 0 Å². The zero-order valence-electron chi connectivity index (χ0n) is 8.53. The third-order valence-electron chi connectivity index (χ3n) is 1.75. The molecule has 0 atom stereocenters. The minimum atomic E-state index is 0.618. The minimum Gasteiger partial charge on any atom is -0.494 e. The maximum absolute atomic E-state index is 6.85. The molecule has 0 aliphatic heterocycles.